The number of aromatic nitrogens is 2. The van der Waals surface area contributed by atoms with Crippen LogP contribution in [0.1, 0.15) is 35.2 Å². The van der Waals surface area contributed by atoms with Crippen molar-refractivity contribution >= 4 is 17.2 Å². The number of amides is 1. The maximum absolute atomic E-state index is 12.4. The monoisotopic (exact) mass is 315 g/mol. The fourth-order valence-electron chi connectivity index (χ4n) is 2.89. The zero-order chi connectivity index (χ0) is 15.6. The molecule has 116 valence electrons. The second kappa shape index (κ2) is 6.16. The number of hydrogen-bond acceptors (Lipinski definition) is 4. The predicted octanol–water partition coefficient (Wildman–Crippen LogP) is 2.97. The summed E-state index contributed by atoms with van der Waals surface area (Å²) < 4.78 is 0. The topological polar surface area (TPSA) is 46.1 Å². The highest BCUT2D eigenvalue weighted by Crippen LogP contribution is 2.37. The van der Waals surface area contributed by atoms with Gasteiger partial charge in [-0.05, 0) is 31.4 Å². The third kappa shape index (κ3) is 3.19. The summed E-state index contributed by atoms with van der Waals surface area (Å²) in [7, 11) is 0. The Morgan fingerprint density at radius 1 is 1.36 bits per heavy atom. The molecule has 1 aliphatic rings. The van der Waals surface area contributed by atoms with Gasteiger partial charge in [0.25, 0.3) is 0 Å². The molecule has 0 aliphatic carbocycles. The Balaban J connectivity index is 1.60. The number of likely N-dealkylation sites (tertiary alicyclic amines) is 1. The van der Waals surface area contributed by atoms with Crippen LogP contribution in [0.2, 0.25) is 0 Å². The van der Waals surface area contributed by atoms with Crippen molar-refractivity contribution < 1.29 is 4.79 Å². The molecule has 0 atom stereocenters. The molecule has 1 fully saturated rings. The number of thiazole rings is 1. The highest BCUT2D eigenvalue weighted by molar-refractivity contribution is 7.11. The largest absolute Gasteiger partial charge is 0.342 e. The molecule has 0 unspecified atom stereocenters. The molecule has 4 nitrogen and oxygen atoms in total. The molecule has 0 bridgehead atoms. The molecule has 2 aromatic rings. The van der Waals surface area contributed by atoms with Gasteiger partial charge in [0.05, 0.1) is 11.4 Å². The smallest absolute Gasteiger partial charge is 0.227 e. The Labute approximate surface area is 135 Å². The number of aryl methyl sites for hydroxylation is 1. The summed E-state index contributed by atoms with van der Waals surface area (Å²) in [5.74, 6) is 0.199. The van der Waals surface area contributed by atoms with E-state index in [4.69, 9.17) is 0 Å². The van der Waals surface area contributed by atoms with Crippen LogP contribution in [-0.2, 0) is 16.6 Å². The van der Waals surface area contributed by atoms with Crippen molar-refractivity contribution in [2.24, 2.45) is 0 Å². The summed E-state index contributed by atoms with van der Waals surface area (Å²) in [6, 6.07) is 3.83. The van der Waals surface area contributed by atoms with E-state index in [1.807, 2.05) is 23.2 Å². The maximum atomic E-state index is 12.4. The molecule has 0 aromatic carbocycles. The van der Waals surface area contributed by atoms with Gasteiger partial charge in [0.15, 0.2) is 0 Å². The Bertz CT molecular complexity index is 645. The highest BCUT2D eigenvalue weighted by atomic mass is 32.1. The van der Waals surface area contributed by atoms with Crippen LogP contribution in [0.4, 0.5) is 0 Å². The first-order valence-electron chi connectivity index (χ1n) is 7.66. The van der Waals surface area contributed by atoms with Crippen molar-refractivity contribution in [3.63, 3.8) is 0 Å². The average molecular weight is 315 g/mol. The van der Waals surface area contributed by atoms with Crippen LogP contribution in [0.15, 0.2) is 30.7 Å². The van der Waals surface area contributed by atoms with Crippen LogP contribution in [0.25, 0.3) is 0 Å². The first-order valence-corrected chi connectivity index (χ1v) is 8.48. The van der Waals surface area contributed by atoms with E-state index in [0.29, 0.717) is 6.42 Å². The van der Waals surface area contributed by atoms with E-state index in [0.717, 1.165) is 31.5 Å². The molecular formula is C17H21N3OS. The standard InChI is InChI=1S/C17H21N3OS/c1-13-11-19-16(22-13)17(2)5-8-20(9-6-17)15(21)10-14-4-3-7-18-12-14/h3-4,7,11-12H,5-6,8-10H2,1-2H3. The molecule has 2 aromatic heterocycles. The molecule has 1 aliphatic heterocycles. The molecule has 3 rings (SSSR count). The minimum atomic E-state index is 0.115. The first kappa shape index (κ1) is 15.2. The van der Waals surface area contributed by atoms with Crippen LogP contribution in [-0.4, -0.2) is 33.9 Å². The van der Waals surface area contributed by atoms with Crippen molar-refractivity contribution in [2.75, 3.05) is 13.1 Å². The van der Waals surface area contributed by atoms with Gasteiger partial charge >= 0.3 is 0 Å². The fourth-order valence-corrected chi connectivity index (χ4v) is 3.85. The third-order valence-corrected chi connectivity index (χ3v) is 5.65. The van der Waals surface area contributed by atoms with Gasteiger partial charge in [-0.1, -0.05) is 13.0 Å². The van der Waals surface area contributed by atoms with E-state index in [-0.39, 0.29) is 11.3 Å². The van der Waals surface area contributed by atoms with Gasteiger partial charge in [0, 0.05) is 42.0 Å². The van der Waals surface area contributed by atoms with Crippen LogP contribution in [0.3, 0.4) is 0 Å². The van der Waals surface area contributed by atoms with Gasteiger partial charge in [-0.15, -0.1) is 11.3 Å². The Hall–Kier alpha value is -1.75. The molecule has 0 N–H and O–H groups in total. The Morgan fingerprint density at radius 2 is 2.14 bits per heavy atom. The SMILES string of the molecule is Cc1cnc(C2(C)CCN(C(=O)Cc3cccnc3)CC2)s1. The summed E-state index contributed by atoms with van der Waals surface area (Å²) >= 11 is 1.78. The van der Waals surface area contributed by atoms with Crippen molar-refractivity contribution in [3.8, 4) is 0 Å². The molecule has 0 radical (unpaired) electrons. The minimum Gasteiger partial charge on any atom is -0.342 e. The summed E-state index contributed by atoms with van der Waals surface area (Å²) in [5, 5.41) is 1.21. The van der Waals surface area contributed by atoms with Gasteiger partial charge in [-0.25, -0.2) is 4.98 Å². The van der Waals surface area contributed by atoms with Gasteiger partial charge in [-0.2, -0.15) is 0 Å². The maximum Gasteiger partial charge on any atom is 0.227 e. The van der Waals surface area contributed by atoms with Crippen molar-refractivity contribution in [3.05, 3.63) is 46.2 Å². The quantitative estimate of drug-likeness (QED) is 0.875. The summed E-state index contributed by atoms with van der Waals surface area (Å²) in [4.78, 5) is 24.3. The Kier molecular flexibility index (Phi) is 4.25. The highest BCUT2D eigenvalue weighted by Gasteiger charge is 2.35. The second-order valence-corrected chi connectivity index (χ2v) is 7.49. The zero-order valence-electron chi connectivity index (χ0n) is 13.1. The minimum absolute atomic E-state index is 0.115. The lowest BCUT2D eigenvalue weighted by atomic mass is 9.81. The number of hydrogen-bond donors (Lipinski definition) is 0. The second-order valence-electron chi connectivity index (χ2n) is 6.26. The fraction of sp³-hybridized carbons (Fsp3) is 0.471. The first-order chi connectivity index (χ1) is 10.6. The van der Waals surface area contributed by atoms with E-state index >= 15 is 0 Å². The Morgan fingerprint density at radius 3 is 2.73 bits per heavy atom. The van der Waals surface area contributed by atoms with Crippen LogP contribution < -0.4 is 0 Å². The molecule has 5 heteroatoms. The molecule has 1 amide bonds. The van der Waals surface area contributed by atoms with Gasteiger partial charge in [-0.3, -0.25) is 9.78 Å². The number of carbonyl (C=O) groups is 1. The van der Waals surface area contributed by atoms with Crippen LogP contribution >= 0.6 is 11.3 Å². The van der Waals surface area contributed by atoms with E-state index in [1.54, 1.807) is 23.7 Å². The van der Waals surface area contributed by atoms with E-state index < -0.39 is 0 Å². The van der Waals surface area contributed by atoms with Crippen molar-refractivity contribution in [1.82, 2.24) is 14.9 Å². The normalized spacial score (nSPS) is 17.5. The van der Waals surface area contributed by atoms with Gasteiger partial charge in [0.2, 0.25) is 5.91 Å². The number of carbonyl (C=O) groups excluding carboxylic acids is 1. The lowest BCUT2D eigenvalue weighted by Crippen LogP contribution is -2.44. The molecule has 0 spiro atoms. The summed E-state index contributed by atoms with van der Waals surface area (Å²) in [5.41, 5.74) is 1.10. The lowest BCUT2D eigenvalue weighted by molar-refractivity contribution is -0.132. The summed E-state index contributed by atoms with van der Waals surface area (Å²) in [6.45, 7) is 5.99. The lowest BCUT2D eigenvalue weighted by Gasteiger charge is -2.38. The van der Waals surface area contributed by atoms with Crippen LogP contribution in [0.5, 0.6) is 0 Å². The molecule has 0 saturated carbocycles. The number of pyridine rings is 1. The molecule has 22 heavy (non-hydrogen) atoms. The number of piperidine rings is 1. The van der Waals surface area contributed by atoms with Gasteiger partial charge in [0.1, 0.15) is 0 Å². The predicted molar refractivity (Wildman–Crippen MR) is 88.0 cm³/mol. The summed E-state index contributed by atoms with van der Waals surface area (Å²) in [6.07, 6.45) is 7.87. The van der Waals surface area contributed by atoms with E-state index in [9.17, 15) is 4.79 Å². The van der Waals surface area contributed by atoms with Crippen molar-refractivity contribution in [2.45, 2.75) is 38.5 Å². The number of rotatable bonds is 3. The third-order valence-electron chi connectivity index (χ3n) is 4.44. The molecular weight excluding hydrogens is 294 g/mol. The average Bonchev–Trinajstić information content (AvgIpc) is 2.96. The number of nitrogens with zero attached hydrogens (tertiary/aromatic N) is 3. The van der Waals surface area contributed by atoms with E-state index in [1.165, 1.54) is 9.88 Å². The molecule has 1 saturated heterocycles. The zero-order valence-corrected chi connectivity index (χ0v) is 13.9. The van der Waals surface area contributed by atoms with Crippen LogP contribution in [0, 0.1) is 6.92 Å². The van der Waals surface area contributed by atoms with E-state index in [2.05, 4.69) is 23.8 Å². The molecule has 3 heterocycles. The van der Waals surface area contributed by atoms with Gasteiger partial charge < -0.3 is 4.90 Å². The van der Waals surface area contributed by atoms with Crippen molar-refractivity contribution in [1.29, 1.82) is 0 Å².